The first-order chi connectivity index (χ1) is 12.7. The number of hydrogen-bond acceptors (Lipinski definition) is 5. The van der Waals surface area contributed by atoms with Crippen LogP contribution < -0.4 is 10.6 Å². The van der Waals surface area contributed by atoms with E-state index in [0.717, 1.165) is 43.4 Å². The lowest BCUT2D eigenvalue weighted by atomic mass is 10.1. The van der Waals surface area contributed by atoms with E-state index in [4.69, 9.17) is 4.74 Å². The minimum absolute atomic E-state index is 0. The highest BCUT2D eigenvalue weighted by Gasteiger charge is 2.24. The van der Waals surface area contributed by atoms with E-state index in [1.807, 2.05) is 6.92 Å². The van der Waals surface area contributed by atoms with Crippen molar-refractivity contribution in [3.63, 3.8) is 0 Å². The van der Waals surface area contributed by atoms with Crippen LogP contribution in [0.25, 0.3) is 0 Å². The van der Waals surface area contributed by atoms with Gasteiger partial charge in [-0.1, -0.05) is 0 Å². The second-order valence-corrected chi connectivity index (χ2v) is 6.67. The number of aromatic nitrogens is 3. The first-order valence-electron chi connectivity index (χ1n) is 9.51. The number of aryl methyl sites for hydroxylation is 1. The molecule has 9 nitrogen and oxygen atoms in total. The fourth-order valence-corrected chi connectivity index (χ4v) is 3.47. The minimum Gasteiger partial charge on any atom is -0.450 e. The number of aliphatic imine (C=N–C) groups is 1. The first kappa shape index (κ1) is 21.7. The third-order valence-corrected chi connectivity index (χ3v) is 4.94. The van der Waals surface area contributed by atoms with E-state index in [-0.39, 0.29) is 30.1 Å². The second kappa shape index (κ2) is 10.7. The predicted octanol–water partition coefficient (Wildman–Crippen LogP) is 1.52. The molecule has 0 atom stereocenters. The summed E-state index contributed by atoms with van der Waals surface area (Å²) in [6, 6.07) is 0.291. The Kier molecular flexibility index (Phi) is 8.58. The zero-order valence-electron chi connectivity index (χ0n) is 16.1. The normalized spacial score (nSPS) is 17.7. The van der Waals surface area contributed by atoms with Gasteiger partial charge in [0.05, 0.1) is 13.2 Å². The molecule has 0 aromatic carbocycles. The maximum Gasteiger partial charge on any atom is 0.409 e. The van der Waals surface area contributed by atoms with Gasteiger partial charge in [0, 0.05) is 39.1 Å². The van der Waals surface area contributed by atoms with Crippen molar-refractivity contribution in [2.24, 2.45) is 4.99 Å². The van der Waals surface area contributed by atoms with Crippen LogP contribution in [-0.2, 0) is 24.2 Å². The third-order valence-electron chi connectivity index (χ3n) is 4.94. The summed E-state index contributed by atoms with van der Waals surface area (Å²) in [6.07, 6.45) is 4.92. The molecule has 152 valence electrons. The van der Waals surface area contributed by atoms with Crippen molar-refractivity contribution in [3.05, 3.63) is 11.6 Å². The zero-order valence-corrected chi connectivity index (χ0v) is 18.4. The third kappa shape index (κ3) is 5.69. The molecule has 0 spiro atoms. The first-order valence-corrected chi connectivity index (χ1v) is 9.51. The molecule has 3 heterocycles. The van der Waals surface area contributed by atoms with Crippen LogP contribution in [0.3, 0.4) is 0 Å². The molecule has 1 aromatic heterocycles. The van der Waals surface area contributed by atoms with Crippen LogP contribution in [0.5, 0.6) is 0 Å². The molecular weight excluding hydrogens is 461 g/mol. The molecule has 0 saturated carbocycles. The van der Waals surface area contributed by atoms with Crippen LogP contribution in [0.1, 0.15) is 44.3 Å². The molecule has 2 aliphatic rings. The van der Waals surface area contributed by atoms with Crippen molar-refractivity contribution in [2.45, 2.75) is 58.2 Å². The maximum atomic E-state index is 11.8. The number of fused-ring (bicyclic) bond motifs is 1. The largest absolute Gasteiger partial charge is 0.450 e. The maximum absolute atomic E-state index is 11.8. The topological polar surface area (TPSA) is 96.7 Å². The zero-order chi connectivity index (χ0) is 18.4. The summed E-state index contributed by atoms with van der Waals surface area (Å²) in [6.45, 7) is 5.25. The van der Waals surface area contributed by atoms with Crippen LogP contribution in [0.2, 0.25) is 0 Å². The van der Waals surface area contributed by atoms with E-state index in [0.29, 0.717) is 32.3 Å². The van der Waals surface area contributed by atoms with Gasteiger partial charge in [0.15, 0.2) is 11.8 Å². The van der Waals surface area contributed by atoms with Crippen molar-refractivity contribution in [2.75, 3.05) is 26.7 Å². The van der Waals surface area contributed by atoms with E-state index in [2.05, 4.69) is 30.4 Å². The highest BCUT2D eigenvalue weighted by molar-refractivity contribution is 14.0. The van der Waals surface area contributed by atoms with Crippen molar-refractivity contribution in [3.8, 4) is 0 Å². The van der Waals surface area contributed by atoms with Gasteiger partial charge >= 0.3 is 6.09 Å². The Morgan fingerprint density at radius 2 is 2.04 bits per heavy atom. The summed E-state index contributed by atoms with van der Waals surface area (Å²) in [5.41, 5.74) is 0. The van der Waals surface area contributed by atoms with E-state index in [1.165, 1.54) is 12.8 Å². The van der Waals surface area contributed by atoms with Gasteiger partial charge in [-0.05, 0) is 32.6 Å². The number of guanidine groups is 1. The molecule has 27 heavy (non-hydrogen) atoms. The van der Waals surface area contributed by atoms with Crippen LogP contribution in [0, 0.1) is 0 Å². The Labute approximate surface area is 177 Å². The molecule has 0 radical (unpaired) electrons. The average Bonchev–Trinajstić information content (AvgIpc) is 3.09. The quantitative estimate of drug-likeness (QED) is 0.377. The molecule has 1 fully saturated rings. The van der Waals surface area contributed by atoms with E-state index in [1.54, 1.807) is 11.9 Å². The Morgan fingerprint density at radius 3 is 2.74 bits per heavy atom. The summed E-state index contributed by atoms with van der Waals surface area (Å²) >= 11 is 0. The molecule has 0 aliphatic carbocycles. The van der Waals surface area contributed by atoms with Crippen molar-refractivity contribution in [1.82, 2.24) is 30.3 Å². The van der Waals surface area contributed by atoms with Crippen LogP contribution >= 0.6 is 24.0 Å². The summed E-state index contributed by atoms with van der Waals surface area (Å²) in [7, 11) is 1.77. The van der Waals surface area contributed by atoms with Gasteiger partial charge in [0.1, 0.15) is 5.82 Å². The number of hydrogen-bond donors (Lipinski definition) is 2. The summed E-state index contributed by atoms with van der Waals surface area (Å²) in [4.78, 5) is 17.8. The highest BCUT2D eigenvalue weighted by Crippen LogP contribution is 2.14. The van der Waals surface area contributed by atoms with Gasteiger partial charge in [-0.25, -0.2) is 4.79 Å². The number of carbonyl (C=O) groups is 1. The Bertz CT molecular complexity index is 641. The second-order valence-electron chi connectivity index (χ2n) is 6.67. The smallest absolute Gasteiger partial charge is 0.409 e. The fourth-order valence-electron chi connectivity index (χ4n) is 3.47. The Hall–Kier alpha value is -1.59. The molecule has 1 amide bonds. The molecule has 3 rings (SSSR count). The number of amides is 1. The van der Waals surface area contributed by atoms with E-state index >= 15 is 0 Å². The van der Waals surface area contributed by atoms with Gasteiger partial charge in [0.2, 0.25) is 0 Å². The lowest BCUT2D eigenvalue weighted by Gasteiger charge is -2.32. The summed E-state index contributed by atoms with van der Waals surface area (Å²) in [5.74, 6) is 2.80. The van der Waals surface area contributed by atoms with Crippen LogP contribution in [0.15, 0.2) is 4.99 Å². The molecule has 2 aliphatic heterocycles. The monoisotopic (exact) mass is 491 g/mol. The molecule has 0 bridgehead atoms. The lowest BCUT2D eigenvalue weighted by Crippen LogP contribution is -2.49. The molecule has 1 saturated heterocycles. The Balaban J connectivity index is 0.00000261. The van der Waals surface area contributed by atoms with E-state index < -0.39 is 0 Å². The SMILES string of the molecule is CCOC(=O)N1CCC(NC(=NC)NCc2nnc3n2CCCC3)CC1.I. The number of nitrogens with zero attached hydrogens (tertiary/aromatic N) is 5. The standard InChI is InChI=1S/C17H29N7O2.HI/c1-3-26-17(25)23-10-7-13(8-11-23)20-16(18-2)19-12-15-22-21-14-6-4-5-9-24(14)15;/h13H,3-12H2,1-2H3,(H2,18,19,20);1H. The highest BCUT2D eigenvalue weighted by atomic mass is 127. The predicted molar refractivity (Wildman–Crippen MR) is 113 cm³/mol. The molecular formula is C17H30IN7O2. The lowest BCUT2D eigenvalue weighted by molar-refractivity contribution is 0.0963. The number of nitrogens with one attached hydrogen (secondary N) is 2. The molecule has 10 heteroatoms. The molecule has 2 N–H and O–H groups in total. The van der Waals surface area contributed by atoms with Gasteiger partial charge < -0.3 is 24.8 Å². The van der Waals surface area contributed by atoms with Crippen molar-refractivity contribution in [1.29, 1.82) is 0 Å². The summed E-state index contributed by atoms with van der Waals surface area (Å²) < 4.78 is 7.27. The number of halogens is 1. The van der Waals surface area contributed by atoms with Gasteiger partial charge in [-0.15, -0.1) is 34.2 Å². The van der Waals surface area contributed by atoms with Crippen molar-refractivity contribution < 1.29 is 9.53 Å². The minimum atomic E-state index is -0.218. The molecule has 0 unspecified atom stereocenters. The van der Waals surface area contributed by atoms with Gasteiger partial charge in [-0.2, -0.15) is 0 Å². The van der Waals surface area contributed by atoms with Gasteiger partial charge in [-0.3, -0.25) is 4.99 Å². The molecule has 1 aromatic rings. The van der Waals surface area contributed by atoms with Crippen molar-refractivity contribution >= 4 is 36.0 Å². The van der Waals surface area contributed by atoms with Gasteiger partial charge in [0.25, 0.3) is 0 Å². The van der Waals surface area contributed by atoms with E-state index in [9.17, 15) is 4.79 Å². The number of rotatable bonds is 4. The Morgan fingerprint density at radius 1 is 1.26 bits per heavy atom. The van der Waals surface area contributed by atoms with Crippen LogP contribution in [-0.4, -0.2) is 64.5 Å². The number of ether oxygens (including phenoxy) is 1. The number of piperidine rings is 1. The van der Waals surface area contributed by atoms with Crippen LogP contribution in [0.4, 0.5) is 4.79 Å². The number of likely N-dealkylation sites (tertiary alicyclic amines) is 1. The fraction of sp³-hybridized carbons (Fsp3) is 0.765. The summed E-state index contributed by atoms with van der Waals surface area (Å²) in [5, 5.41) is 15.4. The average molecular weight is 491 g/mol. The number of carbonyl (C=O) groups excluding carboxylic acids is 1.